The van der Waals surface area contributed by atoms with Crippen molar-refractivity contribution < 1.29 is 29.3 Å². The number of carbonyl (C=O) groups is 2. The molecule has 188 valence electrons. The van der Waals surface area contributed by atoms with Crippen molar-refractivity contribution in [2.75, 3.05) is 12.3 Å². The maximum Gasteiger partial charge on any atom is 0.328 e. The highest BCUT2D eigenvalue weighted by molar-refractivity contribution is 6.14. The van der Waals surface area contributed by atoms with Crippen molar-refractivity contribution in [2.45, 2.75) is 57.8 Å². The second kappa shape index (κ2) is 8.91. The zero-order valence-electron chi connectivity index (χ0n) is 19.7. The normalized spacial score (nSPS) is 25.3. The van der Waals surface area contributed by atoms with Gasteiger partial charge in [-0.15, -0.1) is 0 Å². The van der Waals surface area contributed by atoms with Crippen LogP contribution in [-0.2, 0) is 19.1 Å². The molecule has 6 N–H and O–H groups in total. The molecule has 1 fully saturated rings. The summed E-state index contributed by atoms with van der Waals surface area (Å²) in [6.45, 7) is 5.80. The molecule has 1 saturated heterocycles. The Morgan fingerprint density at radius 3 is 2.77 bits per heavy atom. The number of ether oxygens (including phenoxy) is 2. The van der Waals surface area contributed by atoms with Gasteiger partial charge in [0.05, 0.1) is 11.6 Å². The largest absolute Gasteiger partial charge is 0.461 e. The van der Waals surface area contributed by atoms with E-state index in [-0.39, 0.29) is 18.4 Å². The van der Waals surface area contributed by atoms with Crippen LogP contribution in [0, 0.1) is 5.92 Å². The Morgan fingerprint density at radius 2 is 2.11 bits per heavy atom. The lowest BCUT2D eigenvalue weighted by atomic mass is 9.96. The number of aromatic nitrogens is 4. The van der Waals surface area contributed by atoms with Crippen molar-refractivity contribution in [3.8, 4) is 0 Å². The van der Waals surface area contributed by atoms with Crippen molar-refractivity contribution in [1.82, 2.24) is 25.3 Å². The highest BCUT2D eigenvalue weighted by Gasteiger charge is 2.54. The number of H-pyrrole nitrogens is 1. The van der Waals surface area contributed by atoms with Gasteiger partial charge in [-0.2, -0.15) is 10.2 Å². The second-order valence-electron chi connectivity index (χ2n) is 9.25. The number of nitrogen functional groups attached to an aromatic ring is 1. The third kappa shape index (κ3) is 4.33. The Hall–Kier alpha value is -3.55. The number of aliphatic hydroxyl groups excluding tert-OH is 1. The van der Waals surface area contributed by atoms with Crippen LogP contribution in [0.4, 0.5) is 5.69 Å². The third-order valence-electron chi connectivity index (χ3n) is 6.15. The van der Waals surface area contributed by atoms with Gasteiger partial charge in [-0.1, -0.05) is 13.8 Å². The van der Waals surface area contributed by atoms with E-state index in [0.717, 1.165) is 0 Å². The van der Waals surface area contributed by atoms with E-state index in [1.165, 1.54) is 37.0 Å². The monoisotopic (exact) mass is 488 g/mol. The summed E-state index contributed by atoms with van der Waals surface area (Å²) in [7, 11) is 0. The summed E-state index contributed by atoms with van der Waals surface area (Å²) < 4.78 is 12.5. The molecule has 5 unspecified atom stereocenters. The molecule has 0 saturated carbocycles. The molecule has 0 aliphatic carbocycles. The van der Waals surface area contributed by atoms with E-state index in [0.29, 0.717) is 27.4 Å². The smallest absolute Gasteiger partial charge is 0.328 e. The minimum absolute atomic E-state index is 0.229. The van der Waals surface area contributed by atoms with Gasteiger partial charge in [-0.05, 0) is 18.9 Å². The van der Waals surface area contributed by atoms with Gasteiger partial charge in [0.1, 0.15) is 36.0 Å². The molecule has 13 heteroatoms. The Bertz CT molecular complexity index is 1350. The molecule has 0 spiro atoms. The molecule has 35 heavy (non-hydrogen) atoms. The predicted octanol–water partition coefficient (Wildman–Crippen LogP) is -0.432. The van der Waals surface area contributed by atoms with E-state index < -0.39 is 41.6 Å². The minimum Gasteiger partial charge on any atom is -0.461 e. The van der Waals surface area contributed by atoms with Crippen LogP contribution in [0.2, 0.25) is 0 Å². The van der Waals surface area contributed by atoms with Gasteiger partial charge in [-0.25, -0.2) is 14.6 Å². The number of nitrogens with zero attached hydrogens (tertiary/aromatic N) is 3. The number of nitrogens with one attached hydrogen (secondary N) is 2. The van der Waals surface area contributed by atoms with E-state index in [1.54, 1.807) is 13.8 Å². The maximum absolute atomic E-state index is 12.5. The minimum atomic E-state index is -1.83. The Labute approximate surface area is 199 Å². The van der Waals surface area contributed by atoms with Gasteiger partial charge in [0, 0.05) is 29.6 Å². The topological polar surface area (TPSA) is 195 Å². The third-order valence-corrected chi connectivity index (χ3v) is 6.15. The average Bonchev–Trinajstić information content (AvgIpc) is 3.17. The second-order valence-corrected chi connectivity index (χ2v) is 9.25. The van der Waals surface area contributed by atoms with E-state index in [4.69, 9.17) is 15.2 Å². The first-order valence-corrected chi connectivity index (χ1v) is 11.1. The standard InChI is InChI=1S/C22H28N6O7/c1-9(2)17(25-10(3)29)20(32)34-8-15-18(30)22(4,33)21(35-15)28-7-12-13(23)5-11-16(12)14(27-28)6-24-26-19(11)31/h5-7,9,15,17-18,21,30,33H,8,23H2,1-4H3,(H,25,29)(H,26,31). The van der Waals surface area contributed by atoms with Gasteiger partial charge in [0.25, 0.3) is 5.56 Å². The molecule has 2 aromatic heterocycles. The van der Waals surface area contributed by atoms with E-state index in [1.807, 2.05) is 0 Å². The number of carbonyl (C=O) groups excluding carboxylic acids is 2. The van der Waals surface area contributed by atoms with E-state index in [9.17, 15) is 24.6 Å². The first kappa shape index (κ1) is 24.6. The molecular weight excluding hydrogens is 460 g/mol. The zero-order valence-corrected chi connectivity index (χ0v) is 19.7. The lowest BCUT2D eigenvalue weighted by Crippen LogP contribution is -2.47. The summed E-state index contributed by atoms with van der Waals surface area (Å²) in [5, 5.41) is 36.3. The van der Waals surface area contributed by atoms with Crippen LogP contribution in [0.3, 0.4) is 0 Å². The molecule has 4 rings (SSSR count). The maximum atomic E-state index is 12.5. The molecule has 1 aliphatic heterocycles. The van der Waals surface area contributed by atoms with Crippen molar-refractivity contribution in [1.29, 1.82) is 0 Å². The summed E-state index contributed by atoms with van der Waals surface area (Å²) in [4.78, 5) is 36.2. The fourth-order valence-electron chi connectivity index (χ4n) is 4.28. The first-order chi connectivity index (χ1) is 16.4. The van der Waals surface area contributed by atoms with Crippen molar-refractivity contribution in [3.05, 3.63) is 28.8 Å². The molecule has 3 heterocycles. The van der Waals surface area contributed by atoms with Gasteiger partial charge >= 0.3 is 5.97 Å². The zero-order chi connectivity index (χ0) is 25.7. The molecule has 13 nitrogen and oxygen atoms in total. The van der Waals surface area contributed by atoms with Crippen LogP contribution in [0.5, 0.6) is 0 Å². The van der Waals surface area contributed by atoms with Gasteiger partial charge in [-0.3, -0.25) is 9.59 Å². The Kier molecular flexibility index (Phi) is 6.25. The number of amides is 1. The number of esters is 1. The number of anilines is 1. The molecule has 5 atom stereocenters. The number of rotatable bonds is 6. The molecule has 3 aromatic rings. The quantitative estimate of drug-likeness (QED) is 0.284. The molecule has 0 bridgehead atoms. The molecular formula is C22H28N6O7. The Balaban J connectivity index is 1.62. The van der Waals surface area contributed by atoms with Crippen LogP contribution in [-0.4, -0.2) is 72.5 Å². The highest BCUT2D eigenvalue weighted by Crippen LogP contribution is 2.39. The van der Waals surface area contributed by atoms with E-state index in [2.05, 4.69) is 20.6 Å². The average molecular weight is 489 g/mol. The number of hydrogen-bond acceptors (Lipinski definition) is 10. The van der Waals surface area contributed by atoms with Crippen molar-refractivity contribution >= 4 is 39.2 Å². The van der Waals surface area contributed by atoms with Crippen LogP contribution >= 0.6 is 0 Å². The number of hydrogen-bond donors (Lipinski definition) is 5. The molecule has 0 radical (unpaired) electrons. The number of aromatic amines is 1. The summed E-state index contributed by atoms with van der Waals surface area (Å²) >= 11 is 0. The van der Waals surface area contributed by atoms with Gasteiger partial charge in [0.2, 0.25) is 5.91 Å². The van der Waals surface area contributed by atoms with Crippen LogP contribution < -0.4 is 16.6 Å². The van der Waals surface area contributed by atoms with Crippen LogP contribution in [0.1, 0.15) is 33.9 Å². The summed E-state index contributed by atoms with van der Waals surface area (Å²) in [5.74, 6) is -1.30. The molecule has 1 aliphatic rings. The lowest BCUT2D eigenvalue weighted by Gasteiger charge is -2.27. The number of nitrogens with two attached hydrogens (primary N) is 1. The van der Waals surface area contributed by atoms with Crippen LogP contribution in [0.15, 0.2) is 23.3 Å². The Morgan fingerprint density at radius 1 is 1.40 bits per heavy atom. The molecule has 1 aromatic carbocycles. The van der Waals surface area contributed by atoms with Gasteiger partial charge < -0.3 is 30.7 Å². The summed E-state index contributed by atoms with van der Waals surface area (Å²) in [6.07, 6.45) is -0.850. The fourth-order valence-corrected chi connectivity index (χ4v) is 4.28. The van der Waals surface area contributed by atoms with Crippen molar-refractivity contribution in [2.24, 2.45) is 5.92 Å². The first-order valence-electron chi connectivity index (χ1n) is 11.1. The number of aliphatic hydroxyl groups is 2. The molecule has 1 amide bonds. The predicted molar refractivity (Wildman–Crippen MR) is 124 cm³/mol. The van der Waals surface area contributed by atoms with E-state index >= 15 is 0 Å². The summed E-state index contributed by atoms with van der Waals surface area (Å²) in [5.41, 5.74) is 4.49. The van der Waals surface area contributed by atoms with Gasteiger partial charge in [0.15, 0.2) is 6.23 Å². The fraction of sp³-hybridized carbons (Fsp3) is 0.500. The summed E-state index contributed by atoms with van der Waals surface area (Å²) in [6, 6.07) is 0.637. The van der Waals surface area contributed by atoms with Crippen molar-refractivity contribution in [3.63, 3.8) is 0 Å². The lowest BCUT2D eigenvalue weighted by molar-refractivity contribution is -0.155. The SMILES string of the molecule is CC(=O)NC(C(=O)OCC1OC(n2cc3c(N)cc4c(=O)[nH]ncc(n2)c34)C(C)(O)C1O)C(C)C. The highest BCUT2D eigenvalue weighted by atomic mass is 16.6. The van der Waals surface area contributed by atoms with Crippen LogP contribution in [0.25, 0.3) is 21.7 Å².